The molecule has 1 aromatic heterocycles. The lowest BCUT2D eigenvalue weighted by Gasteiger charge is -1.90. The van der Waals surface area contributed by atoms with Crippen LogP contribution in [0.5, 0.6) is 0 Å². The third-order valence-electron chi connectivity index (χ3n) is 1.46. The highest BCUT2D eigenvalue weighted by molar-refractivity contribution is 6.30. The molecule has 66 valence electrons. The fourth-order valence-corrected chi connectivity index (χ4v) is 1.15. The van der Waals surface area contributed by atoms with Crippen LogP contribution < -0.4 is 5.73 Å². The molecule has 3 N–H and O–H groups in total. The van der Waals surface area contributed by atoms with Crippen LogP contribution in [0.15, 0.2) is 0 Å². The number of primary amides is 1. The van der Waals surface area contributed by atoms with Crippen LogP contribution in [0.2, 0.25) is 5.15 Å². The second-order valence-electron chi connectivity index (χ2n) is 2.47. The van der Waals surface area contributed by atoms with E-state index in [1.165, 1.54) is 0 Å². The normalized spacial score (nSPS) is 10.2. The first kappa shape index (κ1) is 9.06. The molecule has 0 spiro atoms. The summed E-state index contributed by atoms with van der Waals surface area (Å²) in [6.07, 6.45) is 1.72. The van der Waals surface area contributed by atoms with Crippen molar-refractivity contribution in [2.24, 2.45) is 5.73 Å². The lowest BCUT2D eigenvalue weighted by atomic mass is 10.3. The Morgan fingerprint density at radius 3 is 2.83 bits per heavy atom. The van der Waals surface area contributed by atoms with E-state index in [1.807, 2.05) is 6.92 Å². The molecule has 0 fully saturated rings. The van der Waals surface area contributed by atoms with Crippen LogP contribution in [0.4, 0.5) is 0 Å². The highest BCUT2D eigenvalue weighted by Crippen LogP contribution is 2.13. The summed E-state index contributed by atoms with van der Waals surface area (Å²) in [6, 6.07) is 0. The minimum absolute atomic E-state index is 0.128. The second kappa shape index (κ2) is 3.58. The first-order valence-electron chi connectivity index (χ1n) is 3.69. The number of rotatable bonds is 3. The fourth-order valence-electron chi connectivity index (χ4n) is 0.920. The van der Waals surface area contributed by atoms with Crippen LogP contribution in [0.3, 0.4) is 0 Å². The van der Waals surface area contributed by atoms with E-state index in [9.17, 15) is 4.79 Å². The molecule has 0 saturated heterocycles. The number of hydrogen-bond acceptors (Lipinski definition) is 2. The zero-order valence-electron chi connectivity index (χ0n) is 6.72. The SMILES string of the molecule is CCCc1[nH]c(C(N)=O)nc1Cl. The number of carbonyl (C=O) groups excluding carboxylic acids is 1. The summed E-state index contributed by atoms with van der Waals surface area (Å²) in [5.74, 6) is -0.456. The van der Waals surface area contributed by atoms with Gasteiger partial charge in [-0.3, -0.25) is 4.79 Å². The number of amides is 1. The Hall–Kier alpha value is -1.03. The van der Waals surface area contributed by atoms with Crippen LogP contribution >= 0.6 is 11.6 Å². The fraction of sp³-hybridized carbons (Fsp3) is 0.429. The molecule has 0 aliphatic carbocycles. The number of hydrogen-bond donors (Lipinski definition) is 2. The van der Waals surface area contributed by atoms with E-state index in [2.05, 4.69) is 9.97 Å². The number of nitrogens with zero attached hydrogens (tertiary/aromatic N) is 1. The van der Waals surface area contributed by atoms with E-state index in [0.29, 0.717) is 5.15 Å². The molecule has 1 amide bonds. The summed E-state index contributed by atoms with van der Waals surface area (Å²) in [5, 5.41) is 0.339. The number of H-pyrrole nitrogens is 1. The van der Waals surface area contributed by atoms with E-state index in [-0.39, 0.29) is 5.82 Å². The lowest BCUT2D eigenvalue weighted by Crippen LogP contribution is -2.12. The molecule has 5 heteroatoms. The van der Waals surface area contributed by atoms with Gasteiger partial charge < -0.3 is 10.7 Å². The minimum Gasteiger partial charge on any atom is -0.363 e. The third-order valence-corrected chi connectivity index (χ3v) is 1.77. The van der Waals surface area contributed by atoms with Crippen LogP contribution in [0.25, 0.3) is 0 Å². The maximum absolute atomic E-state index is 10.6. The number of nitrogens with one attached hydrogen (secondary N) is 1. The highest BCUT2D eigenvalue weighted by Gasteiger charge is 2.10. The molecular formula is C7H10ClN3O. The number of halogens is 1. The lowest BCUT2D eigenvalue weighted by molar-refractivity contribution is 0.0991. The predicted molar refractivity (Wildman–Crippen MR) is 46.1 cm³/mol. The van der Waals surface area contributed by atoms with Crippen molar-refractivity contribution in [3.8, 4) is 0 Å². The van der Waals surface area contributed by atoms with Gasteiger partial charge in [0.25, 0.3) is 5.91 Å². The third kappa shape index (κ3) is 1.76. The van der Waals surface area contributed by atoms with Crippen LogP contribution in [-0.4, -0.2) is 15.9 Å². The Morgan fingerprint density at radius 2 is 2.42 bits per heavy atom. The quantitative estimate of drug-likeness (QED) is 0.744. The number of aromatic amines is 1. The molecule has 0 saturated carbocycles. The Bertz CT molecular complexity index is 295. The minimum atomic E-state index is -0.584. The van der Waals surface area contributed by atoms with Crippen LogP contribution in [0, 0.1) is 0 Å². The summed E-state index contributed by atoms with van der Waals surface area (Å²) >= 11 is 5.72. The molecule has 0 aromatic carbocycles. The van der Waals surface area contributed by atoms with Gasteiger partial charge in [0.15, 0.2) is 11.0 Å². The van der Waals surface area contributed by atoms with E-state index < -0.39 is 5.91 Å². The van der Waals surface area contributed by atoms with Crippen molar-refractivity contribution in [3.05, 3.63) is 16.7 Å². The number of aryl methyl sites for hydroxylation is 1. The van der Waals surface area contributed by atoms with Gasteiger partial charge in [-0.05, 0) is 6.42 Å². The molecule has 0 atom stereocenters. The van der Waals surface area contributed by atoms with Crippen molar-refractivity contribution in [1.29, 1.82) is 0 Å². The van der Waals surface area contributed by atoms with Gasteiger partial charge in [0, 0.05) is 0 Å². The molecule has 0 aliphatic rings. The first-order valence-corrected chi connectivity index (χ1v) is 4.07. The predicted octanol–water partition coefficient (Wildman–Crippen LogP) is 1.11. The van der Waals surface area contributed by atoms with E-state index >= 15 is 0 Å². The number of carbonyl (C=O) groups is 1. The van der Waals surface area contributed by atoms with Crippen molar-refractivity contribution in [3.63, 3.8) is 0 Å². The molecule has 0 radical (unpaired) electrons. The summed E-state index contributed by atoms with van der Waals surface area (Å²) in [7, 11) is 0. The number of nitrogens with two attached hydrogens (primary N) is 1. The summed E-state index contributed by atoms with van der Waals surface area (Å²) in [5.41, 5.74) is 5.77. The zero-order chi connectivity index (χ0) is 9.14. The van der Waals surface area contributed by atoms with E-state index in [4.69, 9.17) is 17.3 Å². The zero-order valence-corrected chi connectivity index (χ0v) is 7.48. The molecular weight excluding hydrogens is 178 g/mol. The summed E-state index contributed by atoms with van der Waals surface area (Å²) < 4.78 is 0. The van der Waals surface area contributed by atoms with Crippen molar-refractivity contribution in [1.82, 2.24) is 9.97 Å². The Morgan fingerprint density at radius 1 is 1.75 bits per heavy atom. The topological polar surface area (TPSA) is 71.8 Å². The molecule has 1 rings (SSSR count). The van der Waals surface area contributed by atoms with Gasteiger partial charge in [0.05, 0.1) is 5.69 Å². The molecule has 0 bridgehead atoms. The Labute approximate surface area is 75.1 Å². The Balaban J connectivity index is 2.92. The van der Waals surface area contributed by atoms with E-state index in [0.717, 1.165) is 18.5 Å². The van der Waals surface area contributed by atoms with Gasteiger partial charge in [0.2, 0.25) is 0 Å². The van der Waals surface area contributed by atoms with Gasteiger partial charge in [-0.15, -0.1) is 0 Å². The largest absolute Gasteiger partial charge is 0.363 e. The summed E-state index contributed by atoms with van der Waals surface area (Å²) in [4.78, 5) is 17.2. The van der Waals surface area contributed by atoms with Gasteiger partial charge in [-0.25, -0.2) is 4.98 Å². The van der Waals surface area contributed by atoms with Gasteiger partial charge >= 0.3 is 0 Å². The molecule has 0 unspecified atom stereocenters. The van der Waals surface area contributed by atoms with Crippen LogP contribution in [0.1, 0.15) is 29.7 Å². The smallest absolute Gasteiger partial charge is 0.284 e. The number of imidazole rings is 1. The molecule has 4 nitrogen and oxygen atoms in total. The average Bonchev–Trinajstić information content (AvgIpc) is 2.34. The van der Waals surface area contributed by atoms with Gasteiger partial charge in [0.1, 0.15) is 0 Å². The standard InChI is InChI=1S/C7H10ClN3O/c1-2-3-4-5(8)11-7(10-4)6(9)12/h2-3H2,1H3,(H2,9,12)(H,10,11). The Kier molecular flexibility index (Phi) is 2.70. The molecule has 0 aliphatic heterocycles. The average molecular weight is 188 g/mol. The molecule has 12 heavy (non-hydrogen) atoms. The van der Waals surface area contributed by atoms with Gasteiger partial charge in [-0.1, -0.05) is 24.9 Å². The maximum Gasteiger partial charge on any atom is 0.284 e. The van der Waals surface area contributed by atoms with Crippen LogP contribution in [-0.2, 0) is 6.42 Å². The number of aromatic nitrogens is 2. The molecule has 1 heterocycles. The molecule has 1 aromatic rings. The van der Waals surface area contributed by atoms with Crippen molar-refractivity contribution in [2.45, 2.75) is 19.8 Å². The monoisotopic (exact) mass is 187 g/mol. The van der Waals surface area contributed by atoms with E-state index in [1.54, 1.807) is 0 Å². The highest BCUT2D eigenvalue weighted by atomic mass is 35.5. The van der Waals surface area contributed by atoms with Crippen molar-refractivity contribution >= 4 is 17.5 Å². The maximum atomic E-state index is 10.6. The summed E-state index contributed by atoms with van der Waals surface area (Å²) in [6.45, 7) is 2.01. The van der Waals surface area contributed by atoms with Crippen molar-refractivity contribution < 1.29 is 4.79 Å². The van der Waals surface area contributed by atoms with Crippen molar-refractivity contribution in [2.75, 3.05) is 0 Å². The van der Waals surface area contributed by atoms with Gasteiger partial charge in [-0.2, -0.15) is 0 Å². The first-order chi connectivity index (χ1) is 5.65. The second-order valence-corrected chi connectivity index (χ2v) is 2.83.